The van der Waals surface area contributed by atoms with Gasteiger partial charge in [-0.1, -0.05) is 0 Å². The standard InChI is InChI=1S/C7H15N3O2/c1-12-3-2-10-5-6(8)4-9-7(10)11/h6H,2-5,8H2,1H3,(H,9,11). The molecule has 0 aromatic carbocycles. The monoisotopic (exact) mass is 173 g/mol. The fraction of sp³-hybridized carbons (Fsp3) is 0.857. The molecule has 0 saturated carbocycles. The maximum Gasteiger partial charge on any atom is 0.317 e. The van der Waals surface area contributed by atoms with Gasteiger partial charge in [0.1, 0.15) is 0 Å². The summed E-state index contributed by atoms with van der Waals surface area (Å²) in [5.41, 5.74) is 5.66. The molecule has 1 rings (SSSR count). The summed E-state index contributed by atoms with van der Waals surface area (Å²) in [5.74, 6) is 0. The second kappa shape index (κ2) is 4.27. The van der Waals surface area contributed by atoms with Gasteiger partial charge < -0.3 is 20.7 Å². The van der Waals surface area contributed by atoms with Gasteiger partial charge in [-0.05, 0) is 0 Å². The number of nitrogens with one attached hydrogen (secondary N) is 1. The van der Waals surface area contributed by atoms with Crippen molar-refractivity contribution in [2.75, 3.05) is 33.4 Å². The zero-order valence-corrected chi connectivity index (χ0v) is 7.25. The molecule has 0 aromatic heterocycles. The van der Waals surface area contributed by atoms with Gasteiger partial charge in [-0.3, -0.25) is 0 Å². The topological polar surface area (TPSA) is 67.6 Å². The minimum Gasteiger partial charge on any atom is -0.383 e. The molecule has 1 saturated heterocycles. The lowest BCUT2D eigenvalue weighted by Crippen LogP contribution is -2.57. The van der Waals surface area contributed by atoms with Crippen molar-refractivity contribution in [1.29, 1.82) is 0 Å². The summed E-state index contributed by atoms with van der Waals surface area (Å²) in [6.45, 7) is 2.35. The molecule has 1 fully saturated rings. The molecule has 3 N–H and O–H groups in total. The average molecular weight is 173 g/mol. The molecule has 0 spiro atoms. The van der Waals surface area contributed by atoms with Gasteiger partial charge in [0, 0.05) is 32.8 Å². The van der Waals surface area contributed by atoms with Crippen LogP contribution in [0.1, 0.15) is 0 Å². The predicted molar refractivity (Wildman–Crippen MR) is 44.8 cm³/mol. The molecule has 5 nitrogen and oxygen atoms in total. The summed E-state index contributed by atoms with van der Waals surface area (Å²) in [5, 5.41) is 2.70. The quantitative estimate of drug-likeness (QED) is 0.574. The highest BCUT2D eigenvalue weighted by Gasteiger charge is 2.21. The van der Waals surface area contributed by atoms with Crippen molar-refractivity contribution in [3.63, 3.8) is 0 Å². The number of nitrogens with zero attached hydrogens (tertiary/aromatic N) is 1. The Morgan fingerprint density at radius 1 is 1.83 bits per heavy atom. The van der Waals surface area contributed by atoms with Crippen LogP contribution in [0.2, 0.25) is 0 Å². The molecule has 1 aliphatic heterocycles. The first-order chi connectivity index (χ1) is 5.74. The van der Waals surface area contributed by atoms with Crippen LogP contribution in [0, 0.1) is 0 Å². The third-order valence-corrected chi connectivity index (χ3v) is 1.82. The van der Waals surface area contributed by atoms with E-state index in [0.717, 1.165) is 0 Å². The van der Waals surface area contributed by atoms with E-state index < -0.39 is 0 Å². The molecule has 1 atom stereocenters. The highest BCUT2D eigenvalue weighted by molar-refractivity contribution is 5.75. The molecule has 5 heteroatoms. The molecule has 0 bridgehead atoms. The first-order valence-electron chi connectivity index (χ1n) is 4.01. The van der Waals surface area contributed by atoms with Crippen molar-refractivity contribution in [2.24, 2.45) is 5.73 Å². The van der Waals surface area contributed by atoms with Crippen LogP contribution >= 0.6 is 0 Å². The van der Waals surface area contributed by atoms with Gasteiger partial charge in [-0.25, -0.2) is 4.79 Å². The largest absolute Gasteiger partial charge is 0.383 e. The van der Waals surface area contributed by atoms with Crippen molar-refractivity contribution < 1.29 is 9.53 Å². The summed E-state index contributed by atoms with van der Waals surface area (Å²) in [6, 6.07) is -0.00620. The Bertz CT molecular complexity index is 163. The van der Waals surface area contributed by atoms with E-state index in [9.17, 15) is 4.79 Å². The molecule has 0 aliphatic carbocycles. The molecule has 0 radical (unpaired) electrons. The molecule has 1 aliphatic rings. The van der Waals surface area contributed by atoms with Crippen LogP contribution in [0.15, 0.2) is 0 Å². The van der Waals surface area contributed by atoms with E-state index in [1.807, 2.05) is 0 Å². The lowest BCUT2D eigenvalue weighted by Gasteiger charge is -2.31. The normalized spacial score (nSPS) is 24.0. The SMILES string of the molecule is COCCN1CC(N)CNC1=O. The fourth-order valence-corrected chi connectivity index (χ4v) is 1.16. The minimum absolute atomic E-state index is 0.0413. The second-order valence-electron chi connectivity index (χ2n) is 2.88. The van der Waals surface area contributed by atoms with Crippen LogP contribution in [0.25, 0.3) is 0 Å². The van der Waals surface area contributed by atoms with Crippen molar-refractivity contribution in [2.45, 2.75) is 6.04 Å². The van der Waals surface area contributed by atoms with Crippen LogP contribution in [0.4, 0.5) is 4.79 Å². The molecular formula is C7H15N3O2. The van der Waals surface area contributed by atoms with Crippen LogP contribution in [-0.2, 0) is 4.74 Å². The number of nitrogens with two attached hydrogens (primary N) is 1. The first kappa shape index (κ1) is 9.28. The lowest BCUT2D eigenvalue weighted by atomic mass is 10.2. The Balaban J connectivity index is 2.33. The van der Waals surface area contributed by atoms with Gasteiger partial charge in [0.15, 0.2) is 0 Å². The lowest BCUT2D eigenvalue weighted by molar-refractivity contribution is 0.137. The Labute approximate surface area is 71.8 Å². The molecular weight excluding hydrogens is 158 g/mol. The summed E-state index contributed by atoms with van der Waals surface area (Å²) in [7, 11) is 1.61. The molecule has 0 aromatic rings. The Kier molecular flexibility index (Phi) is 3.31. The predicted octanol–water partition coefficient (Wildman–Crippen LogP) is -1.01. The number of methoxy groups -OCH3 is 1. The van der Waals surface area contributed by atoms with Gasteiger partial charge in [-0.15, -0.1) is 0 Å². The summed E-state index contributed by atoms with van der Waals surface area (Å²) >= 11 is 0. The van der Waals surface area contributed by atoms with E-state index in [0.29, 0.717) is 26.2 Å². The second-order valence-corrected chi connectivity index (χ2v) is 2.88. The highest BCUT2D eigenvalue weighted by atomic mass is 16.5. The van der Waals surface area contributed by atoms with E-state index in [1.54, 1.807) is 12.0 Å². The Morgan fingerprint density at radius 3 is 3.25 bits per heavy atom. The van der Waals surface area contributed by atoms with Crippen LogP contribution in [0.5, 0.6) is 0 Å². The van der Waals surface area contributed by atoms with Crippen LogP contribution in [-0.4, -0.2) is 50.3 Å². The van der Waals surface area contributed by atoms with E-state index in [2.05, 4.69) is 5.32 Å². The molecule has 2 amide bonds. The van der Waals surface area contributed by atoms with Gasteiger partial charge in [0.05, 0.1) is 6.61 Å². The van der Waals surface area contributed by atoms with Crippen molar-refractivity contribution >= 4 is 6.03 Å². The number of hydrogen-bond donors (Lipinski definition) is 2. The summed E-state index contributed by atoms with van der Waals surface area (Å²) < 4.78 is 4.87. The number of urea groups is 1. The molecule has 1 heterocycles. The fourth-order valence-electron chi connectivity index (χ4n) is 1.16. The summed E-state index contributed by atoms with van der Waals surface area (Å²) in [4.78, 5) is 12.8. The zero-order valence-electron chi connectivity index (χ0n) is 7.25. The summed E-state index contributed by atoms with van der Waals surface area (Å²) in [6.07, 6.45) is 0. The van der Waals surface area contributed by atoms with Gasteiger partial charge >= 0.3 is 6.03 Å². The van der Waals surface area contributed by atoms with E-state index >= 15 is 0 Å². The van der Waals surface area contributed by atoms with Crippen molar-refractivity contribution in [3.05, 3.63) is 0 Å². The molecule has 70 valence electrons. The Hall–Kier alpha value is -0.810. The van der Waals surface area contributed by atoms with Crippen LogP contribution in [0.3, 0.4) is 0 Å². The smallest absolute Gasteiger partial charge is 0.317 e. The number of amides is 2. The first-order valence-corrected chi connectivity index (χ1v) is 4.01. The zero-order chi connectivity index (χ0) is 8.97. The number of rotatable bonds is 3. The van der Waals surface area contributed by atoms with E-state index in [4.69, 9.17) is 10.5 Å². The van der Waals surface area contributed by atoms with Gasteiger partial charge in [0.25, 0.3) is 0 Å². The molecule has 12 heavy (non-hydrogen) atoms. The van der Waals surface area contributed by atoms with Gasteiger partial charge in [0.2, 0.25) is 0 Å². The maximum absolute atomic E-state index is 11.1. The Morgan fingerprint density at radius 2 is 2.58 bits per heavy atom. The number of carbonyl (C=O) groups excluding carboxylic acids is 1. The molecule has 1 unspecified atom stereocenters. The maximum atomic E-state index is 11.1. The number of ether oxygens (including phenoxy) is 1. The van der Waals surface area contributed by atoms with Crippen molar-refractivity contribution in [1.82, 2.24) is 10.2 Å². The van der Waals surface area contributed by atoms with Gasteiger partial charge in [-0.2, -0.15) is 0 Å². The third kappa shape index (κ3) is 2.35. The highest BCUT2D eigenvalue weighted by Crippen LogP contribution is 1.97. The van der Waals surface area contributed by atoms with E-state index in [1.165, 1.54) is 0 Å². The average Bonchev–Trinajstić information content (AvgIpc) is 2.07. The third-order valence-electron chi connectivity index (χ3n) is 1.82. The van der Waals surface area contributed by atoms with Crippen molar-refractivity contribution in [3.8, 4) is 0 Å². The van der Waals surface area contributed by atoms with E-state index in [-0.39, 0.29) is 12.1 Å². The number of carbonyl (C=O) groups is 1. The number of hydrogen-bond acceptors (Lipinski definition) is 3. The minimum atomic E-state index is -0.0475. The van der Waals surface area contributed by atoms with Crippen LogP contribution < -0.4 is 11.1 Å².